The minimum atomic E-state index is -0.209. The standard InChI is InChI=1S/C22H28N2O3/c1-5-23-21(26)17-9-6-8-16(12-17)14-24-20(25)15-27-19-11-7-10-18(13-19)22(2,3)4/h6-13H,5,14-15H2,1-4H3,(H,23,26)(H,24,25). The summed E-state index contributed by atoms with van der Waals surface area (Å²) in [4.78, 5) is 24.0. The number of carbonyl (C=O) groups is 2. The first-order valence-electron chi connectivity index (χ1n) is 9.17. The highest BCUT2D eigenvalue weighted by atomic mass is 16.5. The molecule has 2 amide bonds. The second-order valence-electron chi connectivity index (χ2n) is 7.40. The van der Waals surface area contributed by atoms with Crippen LogP contribution in [0.15, 0.2) is 48.5 Å². The van der Waals surface area contributed by atoms with Gasteiger partial charge in [-0.1, -0.05) is 45.0 Å². The summed E-state index contributed by atoms with van der Waals surface area (Å²) >= 11 is 0. The van der Waals surface area contributed by atoms with Gasteiger partial charge in [-0.05, 0) is 47.7 Å². The summed E-state index contributed by atoms with van der Waals surface area (Å²) in [6.07, 6.45) is 0. The van der Waals surface area contributed by atoms with Crippen molar-refractivity contribution < 1.29 is 14.3 Å². The summed E-state index contributed by atoms with van der Waals surface area (Å²) in [7, 11) is 0. The van der Waals surface area contributed by atoms with Crippen molar-refractivity contribution in [1.82, 2.24) is 10.6 Å². The maximum atomic E-state index is 12.1. The summed E-state index contributed by atoms with van der Waals surface area (Å²) in [5, 5.41) is 5.58. The monoisotopic (exact) mass is 368 g/mol. The largest absolute Gasteiger partial charge is 0.484 e. The molecule has 0 fully saturated rings. The molecule has 0 aliphatic heterocycles. The third-order valence-corrected chi connectivity index (χ3v) is 4.09. The van der Waals surface area contributed by atoms with E-state index in [-0.39, 0.29) is 23.8 Å². The van der Waals surface area contributed by atoms with Gasteiger partial charge in [0.05, 0.1) is 0 Å². The first-order valence-corrected chi connectivity index (χ1v) is 9.17. The molecule has 0 bridgehead atoms. The number of hydrogen-bond acceptors (Lipinski definition) is 3. The molecular formula is C22H28N2O3. The van der Waals surface area contributed by atoms with Crippen LogP contribution in [-0.4, -0.2) is 25.0 Å². The summed E-state index contributed by atoms with van der Waals surface area (Å²) in [5.41, 5.74) is 2.62. The van der Waals surface area contributed by atoms with E-state index in [9.17, 15) is 9.59 Å². The molecule has 0 radical (unpaired) electrons. The van der Waals surface area contributed by atoms with E-state index in [2.05, 4.69) is 37.5 Å². The van der Waals surface area contributed by atoms with Crippen molar-refractivity contribution in [3.63, 3.8) is 0 Å². The molecule has 2 aromatic carbocycles. The zero-order valence-electron chi connectivity index (χ0n) is 16.5. The normalized spacial score (nSPS) is 11.0. The van der Waals surface area contributed by atoms with Gasteiger partial charge < -0.3 is 15.4 Å². The Morgan fingerprint density at radius 1 is 1.00 bits per heavy atom. The van der Waals surface area contributed by atoms with E-state index >= 15 is 0 Å². The quantitative estimate of drug-likeness (QED) is 0.787. The van der Waals surface area contributed by atoms with Gasteiger partial charge >= 0.3 is 0 Å². The van der Waals surface area contributed by atoms with E-state index in [1.807, 2.05) is 31.2 Å². The highest BCUT2D eigenvalue weighted by Gasteiger charge is 2.14. The molecule has 0 saturated carbocycles. The van der Waals surface area contributed by atoms with Crippen molar-refractivity contribution in [1.29, 1.82) is 0 Å². The maximum absolute atomic E-state index is 12.1. The van der Waals surface area contributed by atoms with Gasteiger partial charge in [-0.2, -0.15) is 0 Å². The highest BCUT2D eigenvalue weighted by molar-refractivity contribution is 5.94. The molecule has 0 aliphatic carbocycles. The molecule has 144 valence electrons. The van der Waals surface area contributed by atoms with Crippen LogP contribution in [0.4, 0.5) is 0 Å². The van der Waals surface area contributed by atoms with Crippen LogP contribution in [0, 0.1) is 0 Å². The molecule has 0 spiro atoms. The fourth-order valence-corrected chi connectivity index (χ4v) is 2.54. The zero-order valence-corrected chi connectivity index (χ0v) is 16.5. The molecule has 0 atom stereocenters. The Balaban J connectivity index is 1.87. The third-order valence-electron chi connectivity index (χ3n) is 4.09. The molecule has 5 nitrogen and oxygen atoms in total. The fourth-order valence-electron chi connectivity index (χ4n) is 2.54. The topological polar surface area (TPSA) is 67.4 Å². The zero-order chi connectivity index (χ0) is 19.9. The second kappa shape index (κ2) is 9.21. The maximum Gasteiger partial charge on any atom is 0.258 e. The summed E-state index contributed by atoms with van der Waals surface area (Å²) in [6, 6.07) is 15.0. The molecule has 5 heteroatoms. The van der Waals surface area contributed by atoms with Gasteiger partial charge in [0.2, 0.25) is 0 Å². The van der Waals surface area contributed by atoms with Gasteiger partial charge in [0.15, 0.2) is 6.61 Å². The van der Waals surface area contributed by atoms with Crippen LogP contribution in [0.5, 0.6) is 5.75 Å². The predicted molar refractivity (Wildman–Crippen MR) is 107 cm³/mol. The fraction of sp³-hybridized carbons (Fsp3) is 0.364. The minimum Gasteiger partial charge on any atom is -0.484 e. The van der Waals surface area contributed by atoms with Gasteiger partial charge in [-0.3, -0.25) is 9.59 Å². The summed E-state index contributed by atoms with van der Waals surface area (Å²) in [5.74, 6) is 0.350. The third kappa shape index (κ3) is 6.44. The van der Waals surface area contributed by atoms with Gasteiger partial charge in [-0.25, -0.2) is 0 Å². The minimum absolute atomic E-state index is 0.0245. The number of rotatable bonds is 7. The average molecular weight is 368 g/mol. The molecule has 0 aliphatic rings. The Morgan fingerprint density at radius 2 is 1.74 bits per heavy atom. The van der Waals surface area contributed by atoms with Crippen LogP contribution in [0.3, 0.4) is 0 Å². The van der Waals surface area contributed by atoms with Gasteiger partial charge in [0.1, 0.15) is 5.75 Å². The van der Waals surface area contributed by atoms with Crippen LogP contribution < -0.4 is 15.4 Å². The van der Waals surface area contributed by atoms with E-state index in [0.29, 0.717) is 24.4 Å². The molecule has 0 unspecified atom stereocenters. The van der Waals surface area contributed by atoms with Crippen LogP contribution in [0.25, 0.3) is 0 Å². The van der Waals surface area contributed by atoms with Crippen LogP contribution >= 0.6 is 0 Å². The number of amides is 2. The highest BCUT2D eigenvalue weighted by Crippen LogP contribution is 2.25. The van der Waals surface area contributed by atoms with Crippen molar-refractivity contribution in [2.75, 3.05) is 13.2 Å². The first-order chi connectivity index (χ1) is 12.8. The molecule has 2 N–H and O–H groups in total. The van der Waals surface area contributed by atoms with Crippen molar-refractivity contribution in [3.05, 3.63) is 65.2 Å². The number of hydrogen-bond donors (Lipinski definition) is 2. The molecule has 0 saturated heterocycles. The van der Waals surface area contributed by atoms with Gasteiger partial charge in [0, 0.05) is 18.7 Å². The first kappa shape index (κ1) is 20.5. The van der Waals surface area contributed by atoms with Crippen LogP contribution in [-0.2, 0) is 16.8 Å². The number of nitrogens with one attached hydrogen (secondary N) is 2. The lowest BCUT2D eigenvalue weighted by molar-refractivity contribution is -0.123. The lowest BCUT2D eigenvalue weighted by Gasteiger charge is -2.19. The Morgan fingerprint density at radius 3 is 2.44 bits per heavy atom. The second-order valence-corrected chi connectivity index (χ2v) is 7.40. The van der Waals surface area contributed by atoms with Crippen molar-refractivity contribution in [2.24, 2.45) is 0 Å². The van der Waals surface area contributed by atoms with Crippen LogP contribution in [0.2, 0.25) is 0 Å². The van der Waals surface area contributed by atoms with E-state index in [0.717, 1.165) is 11.1 Å². The molecule has 27 heavy (non-hydrogen) atoms. The number of benzene rings is 2. The molecule has 0 aromatic heterocycles. The molecule has 2 rings (SSSR count). The summed E-state index contributed by atoms with van der Waals surface area (Å²) in [6.45, 7) is 9.14. The molecule has 0 heterocycles. The van der Waals surface area contributed by atoms with Crippen LogP contribution in [0.1, 0.15) is 49.2 Å². The van der Waals surface area contributed by atoms with Crippen molar-refractivity contribution in [3.8, 4) is 5.75 Å². The molecular weight excluding hydrogens is 340 g/mol. The average Bonchev–Trinajstić information content (AvgIpc) is 2.64. The Hall–Kier alpha value is -2.82. The van der Waals surface area contributed by atoms with Crippen molar-refractivity contribution >= 4 is 11.8 Å². The SMILES string of the molecule is CCNC(=O)c1cccc(CNC(=O)COc2cccc(C(C)(C)C)c2)c1. The van der Waals surface area contributed by atoms with E-state index in [4.69, 9.17) is 4.74 Å². The number of carbonyl (C=O) groups excluding carboxylic acids is 2. The molecule has 2 aromatic rings. The Bertz CT molecular complexity index is 794. The lowest BCUT2D eigenvalue weighted by Crippen LogP contribution is -2.28. The smallest absolute Gasteiger partial charge is 0.258 e. The van der Waals surface area contributed by atoms with Gasteiger partial charge in [-0.15, -0.1) is 0 Å². The van der Waals surface area contributed by atoms with E-state index in [1.54, 1.807) is 18.2 Å². The van der Waals surface area contributed by atoms with Gasteiger partial charge in [0.25, 0.3) is 11.8 Å². The Labute approximate surface area is 161 Å². The van der Waals surface area contributed by atoms with E-state index in [1.165, 1.54) is 0 Å². The predicted octanol–water partition coefficient (Wildman–Crippen LogP) is 3.43. The lowest BCUT2D eigenvalue weighted by atomic mass is 9.87. The Kier molecular flexibility index (Phi) is 6.99. The van der Waals surface area contributed by atoms with E-state index < -0.39 is 0 Å². The number of ether oxygens (including phenoxy) is 1. The van der Waals surface area contributed by atoms with Crippen molar-refractivity contribution in [2.45, 2.75) is 39.7 Å². The summed E-state index contributed by atoms with van der Waals surface area (Å²) < 4.78 is 5.61.